The highest BCUT2D eigenvalue weighted by Gasteiger charge is 2.29. The number of thioether (sulfide) groups is 1. The molecule has 0 bridgehead atoms. The zero-order valence-corrected chi connectivity index (χ0v) is 16.4. The first-order valence-corrected chi connectivity index (χ1v) is 10.1. The predicted molar refractivity (Wildman–Crippen MR) is 109 cm³/mol. The van der Waals surface area contributed by atoms with Crippen molar-refractivity contribution in [3.63, 3.8) is 0 Å². The lowest BCUT2D eigenvalue weighted by molar-refractivity contribution is 0.0693. The van der Waals surface area contributed by atoms with Crippen LogP contribution in [0.15, 0.2) is 58.2 Å². The van der Waals surface area contributed by atoms with Crippen LogP contribution in [0.3, 0.4) is 0 Å². The molecule has 1 N–H and O–H groups in total. The van der Waals surface area contributed by atoms with Gasteiger partial charge in [0.2, 0.25) is 6.79 Å². The van der Waals surface area contributed by atoms with Crippen molar-refractivity contribution in [2.75, 3.05) is 6.79 Å². The number of para-hydroxylation sites is 1. The Kier molecular flexibility index (Phi) is 4.13. The van der Waals surface area contributed by atoms with E-state index in [1.807, 2.05) is 54.0 Å². The SMILES string of the molecule is Cc1cc(=O)c(C(=O)O)c2n1-c1ccccc1S[C@@H](c1ccc3c(c1)OCO3)C2. The van der Waals surface area contributed by atoms with Crippen molar-refractivity contribution in [2.45, 2.75) is 23.5 Å². The maximum absolute atomic E-state index is 12.5. The van der Waals surface area contributed by atoms with Crippen LogP contribution in [0.2, 0.25) is 0 Å². The van der Waals surface area contributed by atoms with Crippen LogP contribution in [0.4, 0.5) is 0 Å². The molecule has 2 aromatic carbocycles. The van der Waals surface area contributed by atoms with Crippen LogP contribution in [-0.2, 0) is 6.42 Å². The summed E-state index contributed by atoms with van der Waals surface area (Å²) in [4.78, 5) is 25.5. The fourth-order valence-corrected chi connectivity index (χ4v) is 5.23. The quantitative estimate of drug-likeness (QED) is 0.693. The summed E-state index contributed by atoms with van der Waals surface area (Å²) in [6.07, 6.45) is 0.400. The van der Waals surface area contributed by atoms with E-state index in [1.54, 1.807) is 11.8 Å². The third kappa shape index (κ3) is 2.89. The van der Waals surface area contributed by atoms with Crippen molar-refractivity contribution in [2.24, 2.45) is 0 Å². The molecule has 0 unspecified atom stereocenters. The number of fused-ring (bicyclic) bond motifs is 4. The second-order valence-corrected chi connectivity index (χ2v) is 8.25. The summed E-state index contributed by atoms with van der Waals surface area (Å²) in [5.74, 6) is 0.180. The van der Waals surface area contributed by atoms with Crippen LogP contribution in [-0.4, -0.2) is 22.4 Å². The monoisotopic (exact) mass is 407 g/mol. The number of aromatic nitrogens is 1. The van der Waals surface area contributed by atoms with Crippen LogP contribution in [0.5, 0.6) is 11.5 Å². The van der Waals surface area contributed by atoms with Gasteiger partial charge in [0.05, 0.1) is 5.69 Å². The number of hydrogen-bond donors (Lipinski definition) is 1. The first kappa shape index (κ1) is 17.9. The number of aromatic carboxylic acids is 1. The summed E-state index contributed by atoms with van der Waals surface area (Å²) in [6.45, 7) is 2.03. The largest absolute Gasteiger partial charge is 0.477 e. The van der Waals surface area contributed by atoms with Crippen LogP contribution < -0.4 is 14.9 Å². The molecule has 1 atom stereocenters. The molecule has 0 saturated heterocycles. The zero-order chi connectivity index (χ0) is 20.1. The van der Waals surface area contributed by atoms with E-state index in [9.17, 15) is 14.7 Å². The highest BCUT2D eigenvalue weighted by atomic mass is 32.2. The summed E-state index contributed by atoms with van der Waals surface area (Å²) in [5, 5.41) is 9.69. The van der Waals surface area contributed by atoms with Gasteiger partial charge in [0, 0.05) is 34.0 Å². The van der Waals surface area contributed by atoms with Crippen molar-refractivity contribution in [1.82, 2.24) is 4.57 Å². The normalized spacial score (nSPS) is 16.7. The van der Waals surface area contributed by atoms with Crippen molar-refractivity contribution in [3.8, 4) is 17.2 Å². The molecule has 0 saturated carbocycles. The number of nitrogens with zero attached hydrogens (tertiary/aromatic N) is 1. The van der Waals surface area contributed by atoms with E-state index >= 15 is 0 Å². The van der Waals surface area contributed by atoms with E-state index in [0.29, 0.717) is 23.6 Å². The molecule has 5 rings (SSSR count). The molecule has 2 aliphatic heterocycles. The maximum Gasteiger partial charge on any atom is 0.341 e. The van der Waals surface area contributed by atoms with Crippen LogP contribution in [0, 0.1) is 6.92 Å². The van der Waals surface area contributed by atoms with Crippen LogP contribution in [0.25, 0.3) is 5.69 Å². The minimum absolute atomic E-state index is 0.0845. The molecule has 0 fully saturated rings. The van der Waals surface area contributed by atoms with Crippen molar-refractivity contribution >= 4 is 17.7 Å². The Morgan fingerprint density at radius 2 is 1.93 bits per heavy atom. The van der Waals surface area contributed by atoms with Gasteiger partial charge in [-0.3, -0.25) is 4.79 Å². The van der Waals surface area contributed by atoms with Crippen molar-refractivity contribution < 1.29 is 19.4 Å². The van der Waals surface area contributed by atoms with Gasteiger partial charge in [0.15, 0.2) is 16.9 Å². The number of carboxylic acid groups (broad SMARTS) is 1. The third-order valence-corrected chi connectivity index (χ3v) is 6.56. The molecule has 6 nitrogen and oxygen atoms in total. The lowest BCUT2D eigenvalue weighted by atomic mass is 10.0. The first-order chi connectivity index (χ1) is 14.0. The minimum atomic E-state index is -1.20. The lowest BCUT2D eigenvalue weighted by Crippen LogP contribution is -2.24. The topological polar surface area (TPSA) is 77.8 Å². The van der Waals surface area contributed by atoms with E-state index in [1.165, 1.54) is 6.07 Å². The zero-order valence-electron chi connectivity index (χ0n) is 15.5. The summed E-state index contributed by atoms with van der Waals surface area (Å²) in [5.41, 5.74) is 2.48. The number of aryl methyl sites for hydroxylation is 1. The first-order valence-electron chi connectivity index (χ1n) is 9.17. The van der Waals surface area contributed by atoms with Gasteiger partial charge in [0.25, 0.3) is 0 Å². The fourth-order valence-electron chi connectivity index (χ4n) is 3.96. The second kappa shape index (κ2) is 6.70. The van der Waals surface area contributed by atoms with Gasteiger partial charge in [-0.1, -0.05) is 18.2 Å². The molecule has 0 amide bonds. The Bertz CT molecular complexity index is 1220. The van der Waals surface area contributed by atoms with Gasteiger partial charge >= 0.3 is 5.97 Å². The van der Waals surface area contributed by atoms with E-state index in [4.69, 9.17) is 9.47 Å². The fraction of sp³-hybridized carbons (Fsp3) is 0.182. The van der Waals surface area contributed by atoms with Gasteiger partial charge < -0.3 is 19.1 Å². The molecular weight excluding hydrogens is 390 g/mol. The number of carboxylic acids is 1. The number of pyridine rings is 1. The summed E-state index contributed by atoms with van der Waals surface area (Å²) in [7, 11) is 0. The number of carbonyl (C=O) groups is 1. The van der Waals surface area contributed by atoms with Crippen molar-refractivity contribution in [1.29, 1.82) is 0 Å². The molecule has 0 aliphatic carbocycles. The highest BCUT2D eigenvalue weighted by Crippen LogP contribution is 2.46. The third-order valence-electron chi connectivity index (χ3n) is 5.23. The molecule has 2 aliphatic rings. The standard InChI is InChI=1S/C22H17NO5S/c1-12-8-16(24)21(22(25)26)15-10-20(13-6-7-17-18(9-13)28-11-27-17)29-19-5-3-2-4-14(19)23(12)15/h2-9,20H,10-11H2,1H3,(H,25,26)/t20-/m1/s1. The lowest BCUT2D eigenvalue weighted by Gasteiger charge is -2.19. The average molecular weight is 407 g/mol. The number of hydrogen-bond acceptors (Lipinski definition) is 5. The Morgan fingerprint density at radius 1 is 1.14 bits per heavy atom. The summed E-state index contributed by atoms with van der Waals surface area (Å²) in [6, 6.07) is 15.0. The van der Waals surface area contributed by atoms with Crippen LogP contribution in [0.1, 0.15) is 32.6 Å². The summed E-state index contributed by atoms with van der Waals surface area (Å²) < 4.78 is 12.8. The van der Waals surface area contributed by atoms with Crippen LogP contribution >= 0.6 is 11.8 Å². The Balaban J connectivity index is 1.75. The molecular formula is C22H17NO5S. The van der Waals surface area contributed by atoms with E-state index in [2.05, 4.69) is 0 Å². The van der Waals surface area contributed by atoms with E-state index in [-0.39, 0.29) is 17.6 Å². The smallest absolute Gasteiger partial charge is 0.341 e. The van der Waals surface area contributed by atoms with Gasteiger partial charge in [-0.25, -0.2) is 4.79 Å². The van der Waals surface area contributed by atoms with Gasteiger partial charge in [-0.05, 0) is 36.8 Å². The van der Waals surface area contributed by atoms with Gasteiger partial charge in [0.1, 0.15) is 5.56 Å². The van der Waals surface area contributed by atoms with Crippen molar-refractivity contribution in [3.05, 3.63) is 81.3 Å². The molecule has 3 heterocycles. The Labute approximate surface area is 170 Å². The number of benzene rings is 2. The average Bonchev–Trinajstić information content (AvgIpc) is 3.08. The molecule has 3 aromatic rings. The molecule has 146 valence electrons. The van der Waals surface area contributed by atoms with Gasteiger partial charge in [-0.15, -0.1) is 11.8 Å². The maximum atomic E-state index is 12.5. The number of rotatable bonds is 2. The van der Waals surface area contributed by atoms with E-state index in [0.717, 1.165) is 21.8 Å². The molecule has 29 heavy (non-hydrogen) atoms. The highest BCUT2D eigenvalue weighted by molar-refractivity contribution is 7.99. The molecule has 1 aromatic heterocycles. The Morgan fingerprint density at radius 3 is 2.76 bits per heavy atom. The predicted octanol–water partition coefficient (Wildman–Crippen LogP) is 3.96. The minimum Gasteiger partial charge on any atom is -0.477 e. The molecule has 0 radical (unpaired) electrons. The Hall–Kier alpha value is -3.19. The van der Waals surface area contributed by atoms with Gasteiger partial charge in [-0.2, -0.15) is 0 Å². The molecule has 0 spiro atoms. The molecule has 7 heteroatoms. The number of ether oxygens (including phenoxy) is 2. The summed E-state index contributed by atoms with van der Waals surface area (Å²) >= 11 is 1.66. The van der Waals surface area contributed by atoms with E-state index < -0.39 is 11.4 Å². The second-order valence-electron chi connectivity index (χ2n) is 7.00.